The summed E-state index contributed by atoms with van der Waals surface area (Å²) in [6.45, 7) is 2.63. The molecular weight excluding hydrogens is 305 g/mol. The van der Waals surface area contributed by atoms with Crippen LogP contribution in [0.5, 0.6) is 0 Å². The maximum absolute atomic E-state index is 14.1. The summed E-state index contributed by atoms with van der Waals surface area (Å²) in [4.78, 5) is 14.4. The zero-order chi connectivity index (χ0) is 16.6. The highest BCUT2D eigenvalue weighted by Crippen LogP contribution is 2.40. The molecule has 0 saturated carbocycles. The number of nitrogens with one attached hydrogen (secondary N) is 2. The molecule has 0 bridgehead atoms. The fraction of sp³-hybridized carbons (Fsp3) is 0.316. The number of urea groups is 1. The quantitative estimate of drug-likeness (QED) is 0.888. The number of benzene rings is 2. The molecule has 1 saturated heterocycles. The van der Waals surface area contributed by atoms with Crippen molar-refractivity contribution in [2.45, 2.75) is 24.9 Å². The Kier molecular flexibility index (Phi) is 3.73. The van der Waals surface area contributed by atoms with Crippen molar-refractivity contribution in [1.82, 2.24) is 10.2 Å². The molecule has 2 aliphatic heterocycles. The number of likely N-dealkylation sites (tertiary alicyclic amines) is 1. The summed E-state index contributed by atoms with van der Waals surface area (Å²) in [5.74, 6) is -0.367. The van der Waals surface area contributed by atoms with Crippen LogP contribution in [0.25, 0.3) is 0 Å². The van der Waals surface area contributed by atoms with Crippen LogP contribution in [0.15, 0.2) is 48.5 Å². The van der Waals surface area contributed by atoms with Gasteiger partial charge in [-0.25, -0.2) is 9.18 Å². The van der Waals surface area contributed by atoms with Gasteiger partial charge in [0.25, 0.3) is 0 Å². The summed E-state index contributed by atoms with van der Waals surface area (Å²) in [6.07, 6.45) is 1.56. The number of anilines is 1. The molecule has 1 fully saturated rings. The highest BCUT2D eigenvalue weighted by molar-refractivity contribution is 5.94. The summed E-state index contributed by atoms with van der Waals surface area (Å²) >= 11 is 0. The van der Waals surface area contributed by atoms with Crippen LogP contribution in [0.4, 0.5) is 14.9 Å². The molecule has 0 radical (unpaired) electrons. The van der Waals surface area contributed by atoms with Gasteiger partial charge >= 0.3 is 6.03 Å². The zero-order valence-corrected chi connectivity index (χ0v) is 13.4. The number of amides is 2. The number of halogens is 1. The van der Waals surface area contributed by atoms with Gasteiger partial charge < -0.3 is 10.6 Å². The number of nitrogens with zero attached hydrogens (tertiary/aromatic N) is 1. The van der Waals surface area contributed by atoms with Gasteiger partial charge in [-0.15, -0.1) is 0 Å². The molecule has 2 N–H and O–H groups in total. The SMILES string of the molecule is O=C1Nc2c(F)cccc2C2(CCN(Cc3ccccc3)CC2)N1. The average molecular weight is 325 g/mol. The van der Waals surface area contributed by atoms with E-state index in [0.717, 1.165) is 38.0 Å². The third-order valence-electron chi connectivity index (χ3n) is 5.08. The van der Waals surface area contributed by atoms with Gasteiger partial charge in [-0.2, -0.15) is 0 Å². The van der Waals surface area contributed by atoms with Gasteiger partial charge in [0.1, 0.15) is 5.82 Å². The molecule has 2 aromatic carbocycles. The number of rotatable bonds is 2. The van der Waals surface area contributed by atoms with Crippen molar-refractivity contribution < 1.29 is 9.18 Å². The molecule has 4 rings (SSSR count). The van der Waals surface area contributed by atoms with Gasteiger partial charge in [-0.3, -0.25) is 4.90 Å². The number of para-hydroxylation sites is 1. The first kappa shape index (κ1) is 15.1. The van der Waals surface area contributed by atoms with Gasteiger partial charge in [-0.05, 0) is 24.5 Å². The maximum atomic E-state index is 14.1. The fourth-order valence-corrected chi connectivity index (χ4v) is 3.81. The molecule has 2 amide bonds. The van der Waals surface area contributed by atoms with Gasteiger partial charge in [-0.1, -0.05) is 42.5 Å². The highest BCUT2D eigenvalue weighted by Gasteiger charge is 2.42. The lowest BCUT2D eigenvalue weighted by molar-refractivity contribution is 0.132. The molecule has 2 aromatic rings. The maximum Gasteiger partial charge on any atom is 0.320 e. The number of hydrogen-bond acceptors (Lipinski definition) is 2. The summed E-state index contributed by atoms with van der Waals surface area (Å²) < 4.78 is 14.1. The Morgan fingerprint density at radius 2 is 1.79 bits per heavy atom. The Labute approximate surface area is 140 Å². The lowest BCUT2D eigenvalue weighted by Crippen LogP contribution is -2.56. The van der Waals surface area contributed by atoms with Crippen molar-refractivity contribution in [3.8, 4) is 0 Å². The molecule has 0 atom stereocenters. The van der Waals surface area contributed by atoms with Gasteiger partial charge in [0, 0.05) is 25.2 Å². The number of hydrogen-bond donors (Lipinski definition) is 2. The number of carbonyl (C=O) groups is 1. The summed E-state index contributed by atoms with van der Waals surface area (Å²) in [6, 6.07) is 15.1. The molecule has 4 nitrogen and oxygen atoms in total. The predicted molar refractivity (Wildman–Crippen MR) is 91.2 cm³/mol. The van der Waals surface area contributed by atoms with Crippen molar-refractivity contribution in [2.75, 3.05) is 18.4 Å². The first-order chi connectivity index (χ1) is 11.7. The Morgan fingerprint density at radius 1 is 1.04 bits per heavy atom. The first-order valence-electron chi connectivity index (χ1n) is 8.31. The largest absolute Gasteiger partial charge is 0.328 e. The minimum Gasteiger partial charge on any atom is -0.328 e. The molecular formula is C19H20FN3O. The lowest BCUT2D eigenvalue weighted by atomic mass is 9.78. The van der Waals surface area contributed by atoms with Crippen LogP contribution in [0.2, 0.25) is 0 Å². The topological polar surface area (TPSA) is 44.4 Å². The Hall–Kier alpha value is -2.40. The molecule has 0 aromatic heterocycles. The van der Waals surface area contributed by atoms with E-state index in [1.54, 1.807) is 6.07 Å². The summed E-state index contributed by atoms with van der Waals surface area (Å²) in [7, 11) is 0. The van der Waals surface area contributed by atoms with Crippen LogP contribution in [0.3, 0.4) is 0 Å². The predicted octanol–water partition coefficient (Wildman–Crippen LogP) is 3.45. The second-order valence-electron chi connectivity index (χ2n) is 6.59. The van der Waals surface area contributed by atoms with E-state index in [9.17, 15) is 9.18 Å². The molecule has 0 aliphatic carbocycles. The minimum absolute atomic E-state index is 0.316. The zero-order valence-electron chi connectivity index (χ0n) is 13.4. The smallest absolute Gasteiger partial charge is 0.320 e. The molecule has 2 aliphatic rings. The Balaban J connectivity index is 1.54. The van der Waals surface area contributed by atoms with Crippen LogP contribution in [-0.4, -0.2) is 24.0 Å². The minimum atomic E-state index is -0.465. The molecule has 2 heterocycles. The third-order valence-corrected chi connectivity index (χ3v) is 5.08. The van der Waals surface area contributed by atoms with E-state index in [1.807, 2.05) is 24.3 Å². The molecule has 0 unspecified atom stereocenters. The molecule has 24 heavy (non-hydrogen) atoms. The first-order valence-corrected chi connectivity index (χ1v) is 8.31. The van der Waals surface area contributed by atoms with Crippen LogP contribution >= 0.6 is 0 Å². The van der Waals surface area contributed by atoms with Crippen LogP contribution in [-0.2, 0) is 12.1 Å². The Morgan fingerprint density at radius 3 is 2.54 bits per heavy atom. The van der Waals surface area contributed by atoms with Crippen molar-refractivity contribution in [1.29, 1.82) is 0 Å². The number of piperidine rings is 1. The second kappa shape index (κ2) is 5.91. The van der Waals surface area contributed by atoms with E-state index < -0.39 is 5.54 Å². The third kappa shape index (κ3) is 2.65. The monoisotopic (exact) mass is 325 g/mol. The lowest BCUT2D eigenvalue weighted by Gasteiger charge is -2.45. The van der Waals surface area contributed by atoms with E-state index in [2.05, 4.69) is 27.7 Å². The summed E-state index contributed by atoms with van der Waals surface area (Å²) in [5.41, 5.74) is 2.01. The van der Waals surface area contributed by atoms with Crippen LogP contribution < -0.4 is 10.6 Å². The van der Waals surface area contributed by atoms with Gasteiger partial charge in [0.2, 0.25) is 0 Å². The fourth-order valence-electron chi connectivity index (χ4n) is 3.81. The standard InChI is InChI=1S/C19H20FN3O/c20-16-8-4-7-15-17(16)21-18(24)22-19(15)9-11-23(12-10-19)13-14-5-2-1-3-6-14/h1-8H,9-13H2,(H2,21,22,24). The van der Waals surface area contributed by atoms with Crippen molar-refractivity contribution in [3.63, 3.8) is 0 Å². The van der Waals surface area contributed by atoms with Crippen molar-refractivity contribution in [3.05, 3.63) is 65.5 Å². The van der Waals surface area contributed by atoms with Crippen LogP contribution in [0, 0.1) is 5.82 Å². The highest BCUT2D eigenvalue weighted by atomic mass is 19.1. The molecule has 1 spiro atoms. The van der Waals surface area contributed by atoms with Crippen molar-refractivity contribution in [2.24, 2.45) is 0 Å². The van der Waals surface area contributed by atoms with E-state index >= 15 is 0 Å². The number of fused-ring (bicyclic) bond motifs is 2. The summed E-state index contributed by atoms with van der Waals surface area (Å²) in [5, 5.41) is 5.67. The van der Waals surface area contributed by atoms with E-state index in [4.69, 9.17) is 0 Å². The van der Waals surface area contributed by atoms with Crippen molar-refractivity contribution >= 4 is 11.7 Å². The normalized spacial score (nSPS) is 19.5. The van der Waals surface area contributed by atoms with E-state index in [-0.39, 0.29) is 11.8 Å². The van der Waals surface area contributed by atoms with E-state index in [1.165, 1.54) is 11.6 Å². The molecule has 124 valence electrons. The van der Waals surface area contributed by atoms with E-state index in [0.29, 0.717) is 5.69 Å². The van der Waals surface area contributed by atoms with Gasteiger partial charge in [0.05, 0.1) is 11.2 Å². The average Bonchev–Trinajstić information content (AvgIpc) is 2.59. The van der Waals surface area contributed by atoms with Crippen LogP contribution in [0.1, 0.15) is 24.0 Å². The second-order valence-corrected chi connectivity index (χ2v) is 6.59. The number of carbonyl (C=O) groups excluding carboxylic acids is 1. The van der Waals surface area contributed by atoms with Gasteiger partial charge in [0.15, 0.2) is 0 Å². The Bertz CT molecular complexity index is 754. The molecule has 5 heteroatoms.